The fourth-order valence-electron chi connectivity index (χ4n) is 3.35. The Morgan fingerprint density at radius 1 is 0.786 bits per heavy atom. The molecule has 2 aromatic carbocycles. The van der Waals surface area contributed by atoms with E-state index in [4.69, 9.17) is 19.4 Å². The Labute approximate surface area is 166 Å². The summed E-state index contributed by atoms with van der Waals surface area (Å²) in [5, 5.41) is 0. The maximum absolute atomic E-state index is 5.27. The highest BCUT2D eigenvalue weighted by Crippen LogP contribution is 2.46. The Morgan fingerprint density at radius 2 is 1.29 bits per heavy atom. The van der Waals surface area contributed by atoms with Crippen LogP contribution in [0.15, 0.2) is 54.7 Å². The molecule has 0 unspecified atom stereocenters. The van der Waals surface area contributed by atoms with Crippen molar-refractivity contribution in [2.24, 2.45) is 0 Å². The Morgan fingerprint density at radius 3 is 1.75 bits per heavy atom. The Hall–Kier alpha value is -2.88. The Balaban J connectivity index is 1.63. The van der Waals surface area contributed by atoms with Crippen LogP contribution >= 0.6 is 0 Å². The first-order valence-corrected chi connectivity index (χ1v) is 9.71. The van der Waals surface area contributed by atoms with Gasteiger partial charge < -0.3 is 9.47 Å². The number of nitrogens with zero attached hydrogens (tertiary/aromatic N) is 2. The third-order valence-corrected chi connectivity index (χ3v) is 5.61. The predicted octanol–water partition coefficient (Wildman–Crippen LogP) is 4.73. The van der Waals surface area contributed by atoms with Crippen molar-refractivity contribution >= 4 is 0 Å². The molecule has 1 aliphatic rings. The first kappa shape index (κ1) is 18.5. The predicted molar refractivity (Wildman–Crippen MR) is 110 cm³/mol. The van der Waals surface area contributed by atoms with E-state index in [1.165, 1.54) is 24.0 Å². The highest BCUT2D eigenvalue weighted by atomic mass is 16.5. The fourth-order valence-corrected chi connectivity index (χ4v) is 3.35. The number of rotatable bonds is 7. The fraction of sp³-hybridized carbons (Fsp3) is 0.333. The second-order valence-electron chi connectivity index (χ2n) is 7.76. The van der Waals surface area contributed by atoms with Crippen LogP contribution in [0.1, 0.15) is 48.0 Å². The van der Waals surface area contributed by atoms with E-state index in [1.54, 1.807) is 14.2 Å². The lowest BCUT2D eigenvalue weighted by Gasteiger charge is -2.14. The highest BCUT2D eigenvalue weighted by Gasteiger charge is 2.41. The molecule has 4 nitrogen and oxygen atoms in total. The number of hydrogen-bond donors (Lipinski definition) is 0. The number of ether oxygens (including phenoxy) is 2. The SMILES string of the molecule is COc1ccc(Cc2ncc(C3(C)CC3)nc2Cc2ccc(OC)cc2)cc1. The topological polar surface area (TPSA) is 44.2 Å². The molecule has 0 spiro atoms. The molecule has 0 atom stereocenters. The van der Waals surface area contributed by atoms with Crippen LogP contribution in [-0.2, 0) is 18.3 Å². The number of hydrogen-bond acceptors (Lipinski definition) is 4. The summed E-state index contributed by atoms with van der Waals surface area (Å²) in [6.45, 7) is 2.28. The quantitative estimate of drug-likeness (QED) is 0.600. The van der Waals surface area contributed by atoms with E-state index in [1.807, 2.05) is 30.5 Å². The van der Waals surface area contributed by atoms with E-state index < -0.39 is 0 Å². The Kier molecular flexibility index (Phi) is 5.03. The summed E-state index contributed by atoms with van der Waals surface area (Å²) in [4.78, 5) is 9.89. The van der Waals surface area contributed by atoms with Gasteiger partial charge in [0.25, 0.3) is 0 Å². The van der Waals surface area contributed by atoms with Gasteiger partial charge in [-0.2, -0.15) is 0 Å². The van der Waals surface area contributed by atoms with E-state index in [0.29, 0.717) is 0 Å². The van der Waals surface area contributed by atoms with Crippen molar-refractivity contribution in [1.29, 1.82) is 0 Å². The number of benzene rings is 2. The van der Waals surface area contributed by atoms with Gasteiger partial charge in [0, 0.05) is 24.5 Å². The zero-order valence-corrected chi connectivity index (χ0v) is 16.7. The van der Waals surface area contributed by atoms with Gasteiger partial charge in [0.05, 0.1) is 31.3 Å². The average Bonchev–Trinajstić information content (AvgIpc) is 3.49. The maximum atomic E-state index is 5.27. The first-order chi connectivity index (χ1) is 13.6. The van der Waals surface area contributed by atoms with Crippen LogP contribution in [-0.4, -0.2) is 24.2 Å². The number of aromatic nitrogens is 2. The van der Waals surface area contributed by atoms with Gasteiger partial charge in [-0.25, -0.2) is 0 Å². The summed E-state index contributed by atoms with van der Waals surface area (Å²) in [5.74, 6) is 1.73. The molecule has 4 heteroatoms. The second-order valence-corrected chi connectivity index (χ2v) is 7.76. The average molecular weight is 374 g/mol. The highest BCUT2D eigenvalue weighted by molar-refractivity contribution is 5.35. The van der Waals surface area contributed by atoms with Gasteiger partial charge in [-0.05, 0) is 48.2 Å². The largest absolute Gasteiger partial charge is 0.497 e. The molecule has 0 aliphatic heterocycles. The molecule has 1 fully saturated rings. The van der Waals surface area contributed by atoms with Crippen molar-refractivity contribution in [3.05, 3.63) is 82.9 Å². The smallest absolute Gasteiger partial charge is 0.118 e. The van der Waals surface area contributed by atoms with Crippen molar-refractivity contribution < 1.29 is 9.47 Å². The maximum Gasteiger partial charge on any atom is 0.118 e. The molecule has 0 radical (unpaired) electrons. The summed E-state index contributed by atoms with van der Waals surface area (Å²) in [5.41, 5.74) is 5.84. The summed E-state index contributed by atoms with van der Waals surface area (Å²) < 4.78 is 10.5. The van der Waals surface area contributed by atoms with Crippen LogP contribution in [0.25, 0.3) is 0 Å². The second kappa shape index (κ2) is 7.63. The molecule has 1 heterocycles. The van der Waals surface area contributed by atoms with Crippen molar-refractivity contribution in [3.63, 3.8) is 0 Å². The van der Waals surface area contributed by atoms with Gasteiger partial charge >= 0.3 is 0 Å². The summed E-state index contributed by atoms with van der Waals surface area (Å²) in [6, 6.07) is 16.4. The molecule has 0 bridgehead atoms. The van der Waals surface area contributed by atoms with Crippen LogP contribution in [0.5, 0.6) is 11.5 Å². The minimum atomic E-state index is 0.209. The molecule has 3 aromatic rings. The molecule has 1 aliphatic carbocycles. The van der Waals surface area contributed by atoms with Gasteiger partial charge in [0.1, 0.15) is 11.5 Å². The summed E-state index contributed by atoms with van der Waals surface area (Å²) >= 11 is 0. The van der Waals surface area contributed by atoms with Crippen LogP contribution in [0.2, 0.25) is 0 Å². The van der Waals surface area contributed by atoms with E-state index in [9.17, 15) is 0 Å². The van der Waals surface area contributed by atoms with Crippen LogP contribution in [0.3, 0.4) is 0 Å². The lowest BCUT2D eigenvalue weighted by atomic mass is 10.0. The number of methoxy groups -OCH3 is 2. The summed E-state index contributed by atoms with van der Waals surface area (Å²) in [6.07, 6.45) is 5.90. The van der Waals surface area contributed by atoms with E-state index in [2.05, 4.69) is 31.2 Å². The molecular formula is C24H26N2O2. The van der Waals surface area contributed by atoms with Crippen LogP contribution < -0.4 is 9.47 Å². The minimum absolute atomic E-state index is 0.209. The van der Waals surface area contributed by atoms with Gasteiger partial charge in [-0.15, -0.1) is 0 Å². The van der Waals surface area contributed by atoms with Gasteiger partial charge in [-0.3, -0.25) is 9.97 Å². The Bertz CT molecular complexity index is 945. The third kappa shape index (κ3) is 4.01. The van der Waals surface area contributed by atoms with Crippen molar-refractivity contribution in [1.82, 2.24) is 9.97 Å². The molecule has 1 saturated carbocycles. The van der Waals surface area contributed by atoms with Crippen molar-refractivity contribution in [3.8, 4) is 11.5 Å². The molecule has 0 N–H and O–H groups in total. The minimum Gasteiger partial charge on any atom is -0.497 e. The molecule has 28 heavy (non-hydrogen) atoms. The van der Waals surface area contributed by atoms with Crippen LogP contribution in [0, 0.1) is 0 Å². The molecule has 4 rings (SSSR count). The van der Waals surface area contributed by atoms with Gasteiger partial charge in [0.15, 0.2) is 0 Å². The molecule has 1 aromatic heterocycles. The lowest BCUT2D eigenvalue weighted by Crippen LogP contribution is -2.11. The first-order valence-electron chi connectivity index (χ1n) is 9.71. The molecule has 0 amide bonds. The molecular weight excluding hydrogens is 348 g/mol. The van der Waals surface area contributed by atoms with Crippen LogP contribution in [0.4, 0.5) is 0 Å². The molecule has 0 saturated heterocycles. The zero-order valence-electron chi connectivity index (χ0n) is 16.7. The van der Waals surface area contributed by atoms with Crippen molar-refractivity contribution in [2.75, 3.05) is 14.2 Å². The lowest BCUT2D eigenvalue weighted by molar-refractivity contribution is 0.414. The third-order valence-electron chi connectivity index (χ3n) is 5.61. The zero-order chi connectivity index (χ0) is 19.6. The van der Waals surface area contributed by atoms with Gasteiger partial charge in [0.2, 0.25) is 0 Å². The van der Waals surface area contributed by atoms with E-state index >= 15 is 0 Å². The monoisotopic (exact) mass is 374 g/mol. The van der Waals surface area contributed by atoms with Gasteiger partial charge in [-0.1, -0.05) is 31.2 Å². The van der Waals surface area contributed by atoms with E-state index in [0.717, 1.165) is 41.4 Å². The summed E-state index contributed by atoms with van der Waals surface area (Å²) in [7, 11) is 3.37. The van der Waals surface area contributed by atoms with Crippen molar-refractivity contribution in [2.45, 2.75) is 38.0 Å². The molecule has 144 valence electrons. The standard InChI is InChI=1S/C24H26N2O2/c1-24(12-13-24)23-16-25-21(14-17-4-8-19(27-2)9-5-17)22(26-23)15-18-6-10-20(28-3)11-7-18/h4-11,16H,12-15H2,1-3H3. The normalized spacial score (nSPS) is 14.5. The van der Waals surface area contributed by atoms with E-state index in [-0.39, 0.29) is 5.41 Å².